The van der Waals surface area contributed by atoms with Crippen molar-refractivity contribution >= 4 is 44.3 Å². The normalized spacial score (nSPS) is 18.9. The molecule has 0 aliphatic carbocycles. The molecule has 198 valence electrons. The number of fused-ring (bicyclic) bond motifs is 1. The Morgan fingerprint density at radius 3 is 2.70 bits per heavy atom. The largest absolute Gasteiger partial charge is 0.497 e. The van der Waals surface area contributed by atoms with Crippen LogP contribution in [0.3, 0.4) is 0 Å². The molecule has 37 heavy (non-hydrogen) atoms. The highest BCUT2D eigenvalue weighted by molar-refractivity contribution is 9.10. The van der Waals surface area contributed by atoms with Gasteiger partial charge in [-0.1, -0.05) is 15.9 Å². The summed E-state index contributed by atoms with van der Waals surface area (Å²) in [5.41, 5.74) is 0.826. The molecule has 1 aromatic heterocycles. The molecular formula is C26H29BrFN3O6. The van der Waals surface area contributed by atoms with Crippen LogP contribution < -0.4 is 14.8 Å². The summed E-state index contributed by atoms with van der Waals surface area (Å²) in [5, 5.41) is 3.67. The van der Waals surface area contributed by atoms with Crippen LogP contribution in [-0.4, -0.2) is 54.3 Å². The van der Waals surface area contributed by atoms with E-state index in [1.807, 2.05) is 0 Å². The molecule has 0 amide bonds. The molecule has 2 aromatic carbocycles. The predicted molar refractivity (Wildman–Crippen MR) is 139 cm³/mol. The van der Waals surface area contributed by atoms with E-state index in [4.69, 9.17) is 23.7 Å². The second-order valence-corrected chi connectivity index (χ2v) is 9.84. The first-order valence-corrected chi connectivity index (χ1v) is 12.7. The van der Waals surface area contributed by atoms with Crippen molar-refractivity contribution in [2.45, 2.75) is 51.6 Å². The minimum Gasteiger partial charge on any atom is -0.497 e. The van der Waals surface area contributed by atoms with Crippen LogP contribution in [-0.2, 0) is 19.0 Å². The van der Waals surface area contributed by atoms with E-state index in [2.05, 4.69) is 31.2 Å². The lowest BCUT2D eigenvalue weighted by Crippen LogP contribution is -2.47. The van der Waals surface area contributed by atoms with Crippen LogP contribution in [0.4, 0.5) is 15.9 Å². The van der Waals surface area contributed by atoms with E-state index in [1.54, 1.807) is 58.2 Å². The summed E-state index contributed by atoms with van der Waals surface area (Å²) in [6.07, 6.45) is -0.196. The molecule has 0 radical (unpaired) electrons. The molecule has 0 bridgehead atoms. The topological polar surface area (TPSA) is 101 Å². The third-order valence-corrected chi connectivity index (χ3v) is 6.08. The molecule has 11 heteroatoms. The molecule has 1 N–H and O–H groups in total. The number of nitrogens with zero attached hydrogens (tertiary/aromatic N) is 2. The van der Waals surface area contributed by atoms with Gasteiger partial charge in [-0.25, -0.2) is 4.39 Å². The SMILES string of the molecule is CCOC(=O)C[C@H]1C[C@@H](COc2nc(Nc3ccc(Br)cc3F)c3cc(OC)ccc3n2)OC(C)(C)O1. The van der Waals surface area contributed by atoms with Gasteiger partial charge in [-0.15, -0.1) is 0 Å². The monoisotopic (exact) mass is 577 g/mol. The van der Waals surface area contributed by atoms with Crippen molar-refractivity contribution < 1.29 is 32.9 Å². The van der Waals surface area contributed by atoms with Gasteiger partial charge >= 0.3 is 12.0 Å². The summed E-state index contributed by atoms with van der Waals surface area (Å²) < 4.78 is 43.4. The number of benzene rings is 2. The molecular weight excluding hydrogens is 549 g/mol. The first-order chi connectivity index (χ1) is 17.7. The van der Waals surface area contributed by atoms with Gasteiger partial charge in [0.1, 0.15) is 24.0 Å². The van der Waals surface area contributed by atoms with E-state index in [-0.39, 0.29) is 42.9 Å². The predicted octanol–water partition coefficient (Wildman–Crippen LogP) is 5.53. The molecule has 3 aromatic rings. The maximum Gasteiger partial charge on any atom is 0.319 e. The number of esters is 1. The average Bonchev–Trinajstić information content (AvgIpc) is 2.83. The van der Waals surface area contributed by atoms with Crippen LogP contribution in [0.1, 0.15) is 33.6 Å². The molecule has 1 fully saturated rings. The van der Waals surface area contributed by atoms with Crippen molar-refractivity contribution in [1.29, 1.82) is 0 Å². The summed E-state index contributed by atoms with van der Waals surface area (Å²) in [6.45, 7) is 5.76. The molecule has 0 unspecified atom stereocenters. The van der Waals surface area contributed by atoms with Crippen molar-refractivity contribution in [3.63, 3.8) is 0 Å². The van der Waals surface area contributed by atoms with Gasteiger partial charge in [-0.2, -0.15) is 9.97 Å². The van der Waals surface area contributed by atoms with Gasteiger partial charge in [0, 0.05) is 16.3 Å². The van der Waals surface area contributed by atoms with Gasteiger partial charge in [0.05, 0.1) is 43.5 Å². The first-order valence-electron chi connectivity index (χ1n) is 11.9. The van der Waals surface area contributed by atoms with Crippen LogP contribution in [0.5, 0.6) is 11.8 Å². The van der Waals surface area contributed by atoms with Gasteiger partial charge in [-0.05, 0) is 57.2 Å². The highest BCUT2D eigenvalue weighted by Gasteiger charge is 2.37. The van der Waals surface area contributed by atoms with Crippen molar-refractivity contribution in [1.82, 2.24) is 9.97 Å². The van der Waals surface area contributed by atoms with Crippen LogP contribution in [0.15, 0.2) is 40.9 Å². The maximum absolute atomic E-state index is 14.6. The number of hydrogen-bond acceptors (Lipinski definition) is 9. The van der Waals surface area contributed by atoms with E-state index in [9.17, 15) is 9.18 Å². The highest BCUT2D eigenvalue weighted by atomic mass is 79.9. The van der Waals surface area contributed by atoms with E-state index in [0.29, 0.717) is 40.0 Å². The van der Waals surface area contributed by atoms with Crippen LogP contribution >= 0.6 is 15.9 Å². The van der Waals surface area contributed by atoms with E-state index in [0.717, 1.165) is 0 Å². The zero-order valence-corrected chi connectivity index (χ0v) is 22.6. The zero-order chi connectivity index (χ0) is 26.6. The third-order valence-electron chi connectivity index (χ3n) is 5.59. The molecule has 2 heterocycles. The molecule has 2 atom stereocenters. The van der Waals surface area contributed by atoms with Crippen molar-refractivity contribution in [2.75, 3.05) is 25.6 Å². The minimum atomic E-state index is -0.907. The van der Waals surface area contributed by atoms with E-state index in [1.165, 1.54) is 6.07 Å². The van der Waals surface area contributed by atoms with Crippen molar-refractivity contribution in [3.05, 3.63) is 46.7 Å². The van der Waals surface area contributed by atoms with Crippen LogP contribution in [0.2, 0.25) is 0 Å². The fourth-order valence-electron chi connectivity index (χ4n) is 4.11. The maximum atomic E-state index is 14.6. The minimum absolute atomic E-state index is 0.0903. The fraction of sp³-hybridized carbons (Fsp3) is 0.423. The second-order valence-electron chi connectivity index (χ2n) is 8.92. The Hall–Kier alpha value is -3.02. The zero-order valence-electron chi connectivity index (χ0n) is 21.0. The average molecular weight is 578 g/mol. The number of ether oxygens (including phenoxy) is 5. The molecule has 9 nitrogen and oxygen atoms in total. The van der Waals surface area contributed by atoms with Crippen LogP contribution in [0, 0.1) is 5.82 Å². The third kappa shape index (κ3) is 7.06. The summed E-state index contributed by atoms with van der Waals surface area (Å²) in [7, 11) is 1.56. The van der Waals surface area contributed by atoms with Gasteiger partial charge in [0.15, 0.2) is 5.79 Å². The lowest BCUT2D eigenvalue weighted by molar-refractivity contribution is -0.303. The smallest absolute Gasteiger partial charge is 0.319 e. The number of carbonyl (C=O) groups is 1. The lowest BCUT2D eigenvalue weighted by Gasteiger charge is -2.40. The fourth-order valence-corrected chi connectivity index (χ4v) is 4.44. The number of anilines is 2. The summed E-state index contributed by atoms with van der Waals surface area (Å²) in [6, 6.07) is 10.1. The van der Waals surface area contributed by atoms with Crippen molar-refractivity contribution in [3.8, 4) is 11.8 Å². The van der Waals surface area contributed by atoms with Gasteiger partial charge in [0.25, 0.3) is 0 Å². The quantitative estimate of drug-likeness (QED) is 0.329. The Bertz CT molecular complexity index is 1270. The van der Waals surface area contributed by atoms with Gasteiger partial charge in [-0.3, -0.25) is 4.79 Å². The van der Waals surface area contributed by atoms with Crippen molar-refractivity contribution in [2.24, 2.45) is 0 Å². The standard InChI is InChI=1S/C26H29BrFN3O6/c1-5-34-23(32)13-17-11-18(37-26(2,3)36-17)14-35-25-30-21-9-7-16(33-4)12-19(21)24(31-25)29-22-8-6-15(27)10-20(22)28/h6-10,12,17-18H,5,11,13-14H2,1-4H3,(H,29,30,31)/t17-,18+/m1/s1. The Kier molecular flexibility index (Phi) is 8.46. The Balaban J connectivity index is 1.56. The number of aromatic nitrogens is 2. The number of rotatable bonds is 9. The van der Waals surface area contributed by atoms with E-state index >= 15 is 0 Å². The van der Waals surface area contributed by atoms with Gasteiger partial charge < -0.3 is 29.0 Å². The number of hydrogen-bond donors (Lipinski definition) is 1. The number of carbonyl (C=O) groups excluding carboxylic acids is 1. The molecule has 1 aliphatic heterocycles. The molecule has 4 rings (SSSR count). The molecule has 1 aliphatic rings. The molecule has 1 saturated heterocycles. The summed E-state index contributed by atoms with van der Waals surface area (Å²) in [5.74, 6) is -0.718. The molecule has 0 spiro atoms. The lowest BCUT2D eigenvalue weighted by atomic mass is 10.1. The Labute approximate surface area is 222 Å². The second kappa shape index (κ2) is 11.6. The van der Waals surface area contributed by atoms with E-state index < -0.39 is 11.6 Å². The first kappa shape index (κ1) is 27.0. The summed E-state index contributed by atoms with van der Waals surface area (Å²) >= 11 is 3.27. The number of halogens is 2. The number of methoxy groups -OCH3 is 1. The number of nitrogens with one attached hydrogen (secondary N) is 1. The highest BCUT2D eigenvalue weighted by Crippen LogP contribution is 2.32. The summed E-state index contributed by atoms with van der Waals surface area (Å²) in [4.78, 5) is 21.0. The van der Waals surface area contributed by atoms with Gasteiger partial charge in [0.2, 0.25) is 0 Å². The molecule has 0 saturated carbocycles. The Morgan fingerprint density at radius 1 is 1.19 bits per heavy atom. The van der Waals surface area contributed by atoms with Crippen LogP contribution in [0.25, 0.3) is 10.9 Å². The Morgan fingerprint density at radius 2 is 1.97 bits per heavy atom.